The van der Waals surface area contributed by atoms with E-state index < -0.39 is 5.25 Å². The highest BCUT2D eigenvalue weighted by atomic mass is 32.2. The van der Waals surface area contributed by atoms with E-state index in [4.69, 9.17) is 0 Å². The maximum atomic E-state index is 13.4. The molecule has 3 amide bonds. The van der Waals surface area contributed by atoms with E-state index in [0.717, 1.165) is 76.4 Å². The van der Waals surface area contributed by atoms with Crippen molar-refractivity contribution in [3.05, 3.63) is 29.8 Å². The number of likely N-dealkylation sites (tertiary alicyclic amines) is 2. The number of hydrogen-bond acceptors (Lipinski definition) is 6. The molecule has 4 aliphatic rings. The number of amidine groups is 1. The molecular weight excluding hydrogens is 462 g/mol. The maximum absolute atomic E-state index is 13.4. The summed E-state index contributed by atoms with van der Waals surface area (Å²) in [5.74, 6) is -0.340. The normalized spacial score (nSPS) is 23.5. The number of carbonyl (C=O) groups is 3. The summed E-state index contributed by atoms with van der Waals surface area (Å²) in [7, 11) is 0. The van der Waals surface area contributed by atoms with Crippen LogP contribution in [0.25, 0.3) is 0 Å². The summed E-state index contributed by atoms with van der Waals surface area (Å²) in [6, 6.07) is 7.86. The number of piperidine rings is 1. The minimum absolute atomic E-state index is 0.0942. The Hall–Kier alpha value is -2.39. The quantitative estimate of drug-likeness (QED) is 0.623. The molecule has 0 radical (unpaired) electrons. The molecule has 1 atom stereocenters. The Balaban J connectivity index is 1.15. The molecule has 1 unspecified atom stereocenters. The van der Waals surface area contributed by atoms with E-state index in [9.17, 15) is 14.4 Å². The van der Waals surface area contributed by atoms with E-state index in [0.29, 0.717) is 23.3 Å². The van der Waals surface area contributed by atoms with E-state index >= 15 is 0 Å². The predicted molar refractivity (Wildman–Crippen MR) is 139 cm³/mol. The largest absolute Gasteiger partial charge is 0.351 e. The Kier molecular flexibility index (Phi) is 7.43. The van der Waals surface area contributed by atoms with Gasteiger partial charge >= 0.3 is 0 Å². The number of benzene rings is 1. The number of carbonyl (C=O) groups excluding carboxylic acids is 3. The van der Waals surface area contributed by atoms with Crippen LogP contribution in [0, 0.1) is 0 Å². The fraction of sp³-hybridized carbons (Fsp3) is 0.615. The van der Waals surface area contributed by atoms with Crippen molar-refractivity contribution in [2.24, 2.45) is 4.99 Å². The molecule has 0 aromatic heterocycles. The molecule has 1 aromatic carbocycles. The predicted octanol–water partition coefficient (Wildman–Crippen LogP) is 3.20. The minimum atomic E-state index is -0.460. The van der Waals surface area contributed by atoms with E-state index in [2.05, 4.69) is 31.9 Å². The number of thioether (sulfide) groups is 1. The van der Waals surface area contributed by atoms with Crippen molar-refractivity contribution >= 4 is 40.3 Å². The number of rotatable bonds is 7. The number of aliphatic imine (C=N–C) groups is 1. The lowest BCUT2D eigenvalue weighted by Gasteiger charge is -2.38. The molecule has 3 fully saturated rings. The molecule has 8 nitrogen and oxygen atoms in total. The molecule has 35 heavy (non-hydrogen) atoms. The van der Waals surface area contributed by atoms with Gasteiger partial charge in [-0.1, -0.05) is 18.7 Å². The molecule has 1 aliphatic carbocycles. The zero-order valence-electron chi connectivity index (χ0n) is 20.4. The average molecular weight is 498 g/mol. The third kappa shape index (κ3) is 5.72. The monoisotopic (exact) mass is 497 g/mol. The van der Waals surface area contributed by atoms with Crippen molar-refractivity contribution < 1.29 is 14.4 Å². The highest BCUT2D eigenvalue weighted by molar-refractivity contribution is 8.15. The molecule has 0 bridgehead atoms. The first-order chi connectivity index (χ1) is 17.0. The van der Waals surface area contributed by atoms with Crippen LogP contribution in [0.1, 0.15) is 62.2 Å². The van der Waals surface area contributed by atoms with Gasteiger partial charge in [-0.3, -0.25) is 14.4 Å². The highest BCUT2D eigenvalue weighted by Crippen LogP contribution is 2.33. The fourth-order valence-electron chi connectivity index (χ4n) is 5.27. The van der Waals surface area contributed by atoms with Crippen molar-refractivity contribution in [3.63, 3.8) is 0 Å². The molecule has 3 heterocycles. The van der Waals surface area contributed by atoms with E-state index in [1.165, 1.54) is 11.8 Å². The Labute approximate surface area is 211 Å². The standard InChI is InChI=1S/C26H35N5O3S/c1-2-29-15-11-21(12-16-29)31(20-9-10-20)25(34)18-5-7-19(8-6-18)27-23(32)17-22-24(33)28-26(35-22)30-13-3-4-14-30/h5-8,20-22H,2-4,9-17H2,1H3,(H,27,32). The van der Waals surface area contributed by atoms with Crippen molar-refractivity contribution in [2.75, 3.05) is 38.0 Å². The second-order valence-corrected chi connectivity index (χ2v) is 11.1. The summed E-state index contributed by atoms with van der Waals surface area (Å²) in [5, 5.41) is 3.18. The topological polar surface area (TPSA) is 85.3 Å². The van der Waals surface area contributed by atoms with Crippen LogP contribution in [0.15, 0.2) is 29.3 Å². The minimum Gasteiger partial charge on any atom is -0.351 e. The fourth-order valence-corrected chi connectivity index (χ4v) is 6.39. The zero-order valence-corrected chi connectivity index (χ0v) is 21.3. The molecular formula is C26H35N5O3S. The van der Waals surface area contributed by atoms with Crippen LogP contribution in [0.3, 0.4) is 0 Å². The van der Waals surface area contributed by atoms with Gasteiger partial charge in [-0.15, -0.1) is 0 Å². The number of hydrogen-bond donors (Lipinski definition) is 1. The van der Waals surface area contributed by atoms with Gasteiger partial charge in [-0.2, -0.15) is 4.99 Å². The molecule has 3 aliphatic heterocycles. The summed E-state index contributed by atoms with van der Waals surface area (Å²) in [6.07, 6.45) is 6.58. The average Bonchev–Trinajstić information content (AvgIpc) is 3.40. The van der Waals surface area contributed by atoms with Crippen molar-refractivity contribution in [3.8, 4) is 0 Å². The molecule has 1 N–H and O–H groups in total. The van der Waals surface area contributed by atoms with Gasteiger partial charge in [-0.05, 0) is 69.3 Å². The molecule has 0 spiro atoms. The summed E-state index contributed by atoms with van der Waals surface area (Å²) >= 11 is 1.40. The summed E-state index contributed by atoms with van der Waals surface area (Å²) in [5.41, 5.74) is 1.30. The van der Waals surface area contributed by atoms with E-state index in [1.807, 2.05) is 0 Å². The van der Waals surface area contributed by atoms with Crippen molar-refractivity contribution in [2.45, 2.75) is 69.2 Å². The molecule has 188 valence electrons. The molecule has 5 rings (SSSR count). The van der Waals surface area contributed by atoms with Gasteiger partial charge < -0.3 is 20.0 Å². The van der Waals surface area contributed by atoms with Crippen LogP contribution < -0.4 is 5.32 Å². The van der Waals surface area contributed by atoms with Gasteiger partial charge in [0.15, 0.2) is 5.17 Å². The Bertz CT molecular complexity index is 979. The van der Waals surface area contributed by atoms with Gasteiger partial charge in [-0.25, -0.2) is 0 Å². The lowest BCUT2D eigenvalue weighted by Crippen LogP contribution is -2.48. The Morgan fingerprint density at radius 1 is 1.03 bits per heavy atom. The Morgan fingerprint density at radius 2 is 1.69 bits per heavy atom. The van der Waals surface area contributed by atoms with Crippen molar-refractivity contribution in [1.29, 1.82) is 0 Å². The summed E-state index contributed by atoms with van der Waals surface area (Å²) in [4.78, 5) is 49.1. The lowest BCUT2D eigenvalue weighted by atomic mass is 10.0. The van der Waals surface area contributed by atoms with Gasteiger partial charge in [0, 0.05) is 55.9 Å². The van der Waals surface area contributed by atoms with Crippen LogP contribution in [-0.2, 0) is 9.59 Å². The summed E-state index contributed by atoms with van der Waals surface area (Å²) < 4.78 is 0. The first kappa shape index (κ1) is 24.3. The van der Waals surface area contributed by atoms with Crippen LogP contribution in [0.5, 0.6) is 0 Å². The number of anilines is 1. The van der Waals surface area contributed by atoms with Gasteiger partial charge in [0.05, 0.1) is 0 Å². The lowest BCUT2D eigenvalue weighted by molar-refractivity contribution is -0.121. The first-order valence-corrected chi connectivity index (χ1v) is 13.9. The molecule has 1 saturated carbocycles. The zero-order chi connectivity index (χ0) is 24.4. The molecule has 1 aromatic rings. The van der Waals surface area contributed by atoms with Crippen LogP contribution in [0.2, 0.25) is 0 Å². The van der Waals surface area contributed by atoms with Crippen molar-refractivity contribution in [1.82, 2.24) is 14.7 Å². The third-order valence-corrected chi connectivity index (χ3v) is 8.68. The maximum Gasteiger partial charge on any atom is 0.262 e. The summed E-state index contributed by atoms with van der Waals surface area (Å²) in [6.45, 7) is 7.22. The van der Waals surface area contributed by atoms with Crippen LogP contribution in [0.4, 0.5) is 5.69 Å². The SMILES string of the molecule is CCN1CCC(N(C(=O)c2ccc(NC(=O)CC3SC(N4CCCC4)=NC3=O)cc2)C2CC2)CC1. The number of nitrogens with zero attached hydrogens (tertiary/aromatic N) is 4. The smallest absolute Gasteiger partial charge is 0.262 e. The highest BCUT2D eigenvalue weighted by Gasteiger charge is 2.39. The van der Waals surface area contributed by atoms with Crippen LogP contribution in [-0.4, -0.2) is 87.6 Å². The second-order valence-electron chi connectivity index (χ2n) is 9.97. The second kappa shape index (κ2) is 10.7. The van der Waals surface area contributed by atoms with Gasteiger partial charge in [0.2, 0.25) is 5.91 Å². The van der Waals surface area contributed by atoms with E-state index in [-0.39, 0.29) is 24.1 Å². The molecule has 9 heteroatoms. The van der Waals surface area contributed by atoms with Crippen LogP contribution >= 0.6 is 11.8 Å². The number of nitrogens with one attached hydrogen (secondary N) is 1. The van der Waals surface area contributed by atoms with Gasteiger partial charge in [0.1, 0.15) is 5.25 Å². The number of amides is 3. The first-order valence-electron chi connectivity index (χ1n) is 13.0. The van der Waals surface area contributed by atoms with E-state index in [1.54, 1.807) is 24.3 Å². The molecule has 2 saturated heterocycles. The third-order valence-electron chi connectivity index (χ3n) is 7.46. The Morgan fingerprint density at radius 3 is 2.31 bits per heavy atom. The van der Waals surface area contributed by atoms with Gasteiger partial charge in [0.25, 0.3) is 11.8 Å².